The van der Waals surface area contributed by atoms with Crippen LogP contribution < -0.4 is 0 Å². The monoisotopic (exact) mass is 171 g/mol. The molecule has 3 nitrogen and oxygen atoms in total. The molecule has 0 aromatic carbocycles. The van der Waals surface area contributed by atoms with E-state index in [9.17, 15) is 0 Å². The third-order valence-corrected chi connectivity index (χ3v) is 1.76. The molecule has 0 aromatic rings. The number of hydrogen-bond acceptors (Lipinski definition) is 3. The van der Waals surface area contributed by atoms with E-state index in [4.69, 9.17) is 10.5 Å². The molecule has 0 N–H and O–H groups in total. The van der Waals surface area contributed by atoms with Crippen molar-refractivity contribution in [3.8, 4) is 12.1 Å². The van der Waals surface area contributed by atoms with Crippen LogP contribution in [0.15, 0.2) is 35.7 Å². The second kappa shape index (κ2) is 4.13. The Kier molecular flexibility index (Phi) is 2.89. The SMILES string of the molecule is CCN1C=CC=CC1=C(C#N)C#N. The lowest BCUT2D eigenvalue weighted by atomic mass is 10.2. The summed E-state index contributed by atoms with van der Waals surface area (Å²) in [7, 11) is 0. The average Bonchev–Trinajstić information content (AvgIpc) is 2.20. The van der Waals surface area contributed by atoms with Crippen molar-refractivity contribution in [1.29, 1.82) is 10.5 Å². The first-order valence-electron chi connectivity index (χ1n) is 3.99. The van der Waals surface area contributed by atoms with Crippen molar-refractivity contribution < 1.29 is 0 Å². The van der Waals surface area contributed by atoms with Crippen molar-refractivity contribution in [3.63, 3.8) is 0 Å². The zero-order valence-electron chi connectivity index (χ0n) is 7.36. The van der Waals surface area contributed by atoms with Gasteiger partial charge in [-0.2, -0.15) is 10.5 Å². The maximum absolute atomic E-state index is 8.68. The molecule has 0 amide bonds. The van der Waals surface area contributed by atoms with E-state index in [-0.39, 0.29) is 5.57 Å². The summed E-state index contributed by atoms with van der Waals surface area (Å²) in [6.07, 6.45) is 7.31. The molecule has 1 aliphatic rings. The minimum Gasteiger partial charge on any atom is -0.347 e. The molecule has 3 heteroatoms. The lowest BCUT2D eigenvalue weighted by Gasteiger charge is -2.21. The highest BCUT2D eigenvalue weighted by atomic mass is 15.1. The Morgan fingerprint density at radius 1 is 1.38 bits per heavy atom. The maximum atomic E-state index is 8.68. The normalized spacial score (nSPS) is 13.8. The quantitative estimate of drug-likeness (QED) is 0.564. The van der Waals surface area contributed by atoms with Crippen molar-refractivity contribution in [2.45, 2.75) is 6.92 Å². The van der Waals surface area contributed by atoms with Crippen molar-refractivity contribution in [3.05, 3.63) is 35.7 Å². The van der Waals surface area contributed by atoms with Crippen LogP contribution in [0.5, 0.6) is 0 Å². The van der Waals surface area contributed by atoms with Crippen LogP contribution in [0, 0.1) is 22.7 Å². The van der Waals surface area contributed by atoms with Gasteiger partial charge in [0.1, 0.15) is 12.1 Å². The predicted octanol–water partition coefficient (Wildman–Crippen LogP) is 1.69. The van der Waals surface area contributed by atoms with Gasteiger partial charge in [-0.1, -0.05) is 6.08 Å². The standard InChI is InChI=1S/C10H9N3/c1-2-13-6-4-3-5-10(13)9(7-11)8-12/h3-6H,2H2,1H3. The molecule has 0 aromatic heterocycles. The summed E-state index contributed by atoms with van der Waals surface area (Å²) >= 11 is 0. The van der Waals surface area contributed by atoms with E-state index in [1.165, 1.54) is 0 Å². The number of rotatable bonds is 1. The zero-order valence-corrected chi connectivity index (χ0v) is 7.36. The Morgan fingerprint density at radius 2 is 2.08 bits per heavy atom. The number of hydrogen-bond donors (Lipinski definition) is 0. The maximum Gasteiger partial charge on any atom is 0.153 e. The van der Waals surface area contributed by atoms with Crippen LogP contribution in [0.25, 0.3) is 0 Å². The van der Waals surface area contributed by atoms with Crippen LogP contribution in [0.1, 0.15) is 6.92 Å². The van der Waals surface area contributed by atoms with Crippen LogP contribution >= 0.6 is 0 Å². The largest absolute Gasteiger partial charge is 0.347 e. The molecule has 0 saturated heterocycles. The van der Waals surface area contributed by atoms with Crippen LogP contribution in [-0.2, 0) is 0 Å². The van der Waals surface area contributed by atoms with Crippen LogP contribution in [-0.4, -0.2) is 11.4 Å². The Morgan fingerprint density at radius 3 is 2.62 bits per heavy atom. The van der Waals surface area contributed by atoms with E-state index in [1.807, 2.05) is 42.3 Å². The number of nitrogens with zero attached hydrogens (tertiary/aromatic N) is 3. The molecule has 0 saturated carbocycles. The second-order valence-corrected chi connectivity index (χ2v) is 2.47. The molecule has 1 heterocycles. The lowest BCUT2D eigenvalue weighted by molar-refractivity contribution is 0.501. The number of likely N-dealkylation sites (N-methyl/N-ethyl adjacent to an activating group) is 1. The lowest BCUT2D eigenvalue weighted by Crippen LogP contribution is -2.17. The molecular formula is C10H9N3. The second-order valence-electron chi connectivity index (χ2n) is 2.47. The van der Waals surface area contributed by atoms with Crippen molar-refractivity contribution in [1.82, 2.24) is 4.90 Å². The summed E-state index contributed by atoms with van der Waals surface area (Å²) in [5.41, 5.74) is 0.831. The van der Waals surface area contributed by atoms with Gasteiger partial charge in [0, 0.05) is 12.7 Å². The zero-order chi connectivity index (χ0) is 9.68. The van der Waals surface area contributed by atoms with Gasteiger partial charge in [0.25, 0.3) is 0 Å². The Labute approximate surface area is 77.5 Å². The Hall–Kier alpha value is -2.00. The van der Waals surface area contributed by atoms with E-state index in [0.717, 1.165) is 6.54 Å². The van der Waals surface area contributed by atoms with Gasteiger partial charge in [0.15, 0.2) is 5.57 Å². The molecule has 64 valence electrons. The van der Waals surface area contributed by atoms with Gasteiger partial charge in [-0.15, -0.1) is 0 Å². The summed E-state index contributed by atoms with van der Waals surface area (Å²) < 4.78 is 0. The van der Waals surface area contributed by atoms with E-state index >= 15 is 0 Å². The van der Waals surface area contributed by atoms with Crippen LogP contribution in [0.3, 0.4) is 0 Å². The third kappa shape index (κ3) is 1.77. The van der Waals surface area contributed by atoms with Gasteiger partial charge < -0.3 is 4.90 Å². The molecule has 0 unspecified atom stereocenters. The molecule has 1 aliphatic heterocycles. The van der Waals surface area contributed by atoms with Gasteiger partial charge in [0.05, 0.1) is 5.70 Å². The van der Waals surface area contributed by atoms with Crippen LogP contribution in [0.2, 0.25) is 0 Å². The highest BCUT2D eigenvalue weighted by molar-refractivity contribution is 5.46. The summed E-state index contributed by atoms with van der Waals surface area (Å²) in [6.45, 7) is 2.72. The molecular weight excluding hydrogens is 162 g/mol. The highest BCUT2D eigenvalue weighted by Gasteiger charge is 2.09. The van der Waals surface area contributed by atoms with E-state index in [1.54, 1.807) is 6.08 Å². The minimum atomic E-state index is 0.155. The van der Waals surface area contributed by atoms with Gasteiger partial charge in [-0.3, -0.25) is 0 Å². The summed E-state index contributed by atoms with van der Waals surface area (Å²) in [6, 6.07) is 3.75. The van der Waals surface area contributed by atoms with Gasteiger partial charge in [-0.25, -0.2) is 0 Å². The van der Waals surface area contributed by atoms with Crippen molar-refractivity contribution in [2.24, 2.45) is 0 Å². The number of allylic oxidation sites excluding steroid dienone is 4. The molecule has 0 atom stereocenters. The molecule has 13 heavy (non-hydrogen) atoms. The topological polar surface area (TPSA) is 50.8 Å². The Bertz CT molecular complexity index is 345. The fourth-order valence-electron chi connectivity index (χ4n) is 1.12. The Balaban J connectivity index is 3.11. The molecule has 0 spiro atoms. The molecule has 1 rings (SSSR count). The minimum absolute atomic E-state index is 0.155. The molecule has 0 radical (unpaired) electrons. The molecule has 0 aliphatic carbocycles. The van der Waals surface area contributed by atoms with Gasteiger partial charge in [-0.05, 0) is 19.1 Å². The van der Waals surface area contributed by atoms with E-state index in [0.29, 0.717) is 5.70 Å². The van der Waals surface area contributed by atoms with E-state index in [2.05, 4.69) is 0 Å². The fraction of sp³-hybridized carbons (Fsp3) is 0.200. The van der Waals surface area contributed by atoms with Crippen LogP contribution in [0.4, 0.5) is 0 Å². The number of nitriles is 2. The average molecular weight is 171 g/mol. The fourth-order valence-corrected chi connectivity index (χ4v) is 1.12. The van der Waals surface area contributed by atoms with Gasteiger partial charge >= 0.3 is 0 Å². The summed E-state index contributed by atoms with van der Waals surface area (Å²) in [5.74, 6) is 0. The van der Waals surface area contributed by atoms with Crippen molar-refractivity contribution >= 4 is 0 Å². The summed E-state index contributed by atoms with van der Waals surface area (Å²) in [5, 5.41) is 17.4. The summed E-state index contributed by atoms with van der Waals surface area (Å²) in [4.78, 5) is 1.86. The molecule has 0 bridgehead atoms. The van der Waals surface area contributed by atoms with E-state index < -0.39 is 0 Å². The first kappa shape index (κ1) is 9.09. The van der Waals surface area contributed by atoms with Crippen molar-refractivity contribution in [2.75, 3.05) is 6.54 Å². The highest BCUT2D eigenvalue weighted by Crippen LogP contribution is 2.15. The first-order valence-corrected chi connectivity index (χ1v) is 3.99. The predicted molar refractivity (Wildman–Crippen MR) is 48.9 cm³/mol. The smallest absolute Gasteiger partial charge is 0.153 e. The third-order valence-electron chi connectivity index (χ3n) is 1.76. The van der Waals surface area contributed by atoms with Gasteiger partial charge in [0.2, 0.25) is 0 Å². The molecule has 0 fully saturated rings. The first-order chi connectivity index (χ1) is 6.33.